The average Bonchev–Trinajstić information content (AvgIpc) is 2.80. The van der Waals surface area contributed by atoms with Crippen molar-refractivity contribution >= 4 is 11.6 Å². The van der Waals surface area contributed by atoms with Crippen LogP contribution in [-0.2, 0) is 7.05 Å². The molecule has 0 aliphatic heterocycles. The summed E-state index contributed by atoms with van der Waals surface area (Å²) < 4.78 is 32.1. The zero-order valence-electron chi connectivity index (χ0n) is 11.5. The maximum atomic E-state index is 12.8. The number of amides is 1. The first kappa shape index (κ1) is 14.9. The summed E-state index contributed by atoms with van der Waals surface area (Å²) in [5.74, 6) is -0.429. The molecule has 0 aliphatic carbocycles. The van der Waals surface area contributed by atoms with Crippen LogP contribution in [0, 0.1) is 0 Å². The van der Waals surface area contributed by atoms with Crippen molar-refractivity contribution in [3.8, 4) is 5.88 Å². The van der Waals surface area contributed by atoms with Crippen molar-refractivity contribution in [2.45, 2.75) is 13.3 Å². The molecule has 112 valence electrons. The Hall–Kier alpha value is -2.51. The quantitative estimate of drug-likeness (QED) is 0.920. The van der Waals surface area contributed by atoms with Gasteiger partial charge in [0.2, 0.25) is 5.88 Å². The number of nitrogens with one attached hydrogen (secondary N) is 1. The molecule has 2 heterocycles. The Kier molecular flexibility index (Phi) is 4.46. The Balaban J connectivity index is 2.26. The van der Waals surface area contributed by atoms with E-state index in [1.165, 1.54) is 30.2 Å². The van der Waals surface area contributed by atoms with Crippen LogP contribution in [0.4, 0.5) is 14.5 Å². The van der Waals surface area contributed by atoms with Crippen molar-refractivity contribution in [2.24, 2.45) is 7.05 Å². The monoisotopic (exact) mass is 296 g/mol. The van der Waals surface area contributed by atoms with E-state index in [9.17, 15) is 13.6 Å². The van der Waals surface area contributed by atoms with Crippen LogP contribution in [0.2, 0.25) is 0 Å². The molecule has 6 nitrogen and oxygen atoms in total. The molecule has 0 aliphatic rings. The van der Waals surface area contributed by atoms with Gasteiger partial charge in [-0.05, 0) is 19.1 Å². The molecule has 0 atom stereocenters. The summed E-state index contributed by atoms with van der Waals surface area (Å²) in [5.41, 5.74) is -0.347. The van der Waals surface area contributed by atoms with Crippen LogP contribution in [0.25, 0.3) is 0 Å². The highest BCUT2D eigenvalue weighted by molar-refractivity contribution is 6.06. The van der Waals surface area contributed by atoms with Crippen molar-refractivity contribution < 1.29 is 18.3 Å². The number of halogens is 2. The Bertz CT molecular complexity index is 643. The number of aryl methyl sites for hydroxylation is 1. The smallest absolute Gasteiger partial charge is 0.284 e. The molecular weight excluding hydrogens is 282 g/mol. The van der Waals surface area contributed by atoms with Crippen LogP contribution < -0.4 is 10.1 Å². The Morgan fingerprint density at radius 2 is 2.29 bits per heavy atom. The maximum Gasteiger partial charge on any atom is 0.284 e. The van der Waals surface area contributed by atoms with E-state index < -0.39 is 18.0 Å². The predicted molar refractivity (Wildman–Crippen MR) is 71.5 cm³/mol. The van der Waals surface area contributed by atoms with Gasteiger partial charge in [-0.2, -0.15) is 5.10 Å². The minimum atomic E-state index is -2.78. The largest absolute Gasteiger partial charge is 0.477 e. The van der Waals surface area contributed by atoms with E-state index in [-0.39, 0.29) is 17.1 Å². The lowest BCUT2D eigenvalue weighted by molar-refractivity contribution is 0.102. The van der Waals surface area contributed by atoms with Gasteiger partial charge in [0.1, 0.15) is 5.56 Å². The second kappa shape index (κ2) is 6.29. The molecule has 2 aromatic heterocycles. The number of anilines is 1. The summed E-state index contributed by atoms with van der Waals surface area (Å²) in [6.07, 6.45) is 0.0220. The van der Waals surface area contributed by atoms with E-state index in [4.69, 9.17) is 4.74 Å². The molecule has 0 saturated carbocycles. The summed E-state index contributed by atoms with van der Waals surface area (Å²) in [6, 6.07) is 3.07. The van der Waals surface area contributed by atoms with Crippen LogP contribution in [0.1, 0.15) is 29.4 Å². The number of carbonyl (C=O) groups excluding carboxylic acids is 1. The van der Waals surface area contributed by atoms with Crippen LogP contribution >= 0.6 is 0 Å². The van der Waals surface area contributed by atoms with Gasteiger partial charge in [-0.3, -0.25) is 9.48 Å². The SMILES string of the molecule is CCOc1ncccc1C(=O)Nc1cn(C)nc1C(F)F. The standard InChI is InChI=1S/C13H14F2N4O2/c1-3-21-13-8(5-4-6-16-13)12(20)17-9-7-19(2)18-10(9)11(14)15/h4-7,11H,3H2,1-2H3,(H,17,20). The molecular formula is C13H14F2N4O2. The molecule has 0 fully saturated rings. The van der Waals surface area contributed by atoms with Gasteiger partial charge in [0.15, 0.2) is 5.69 Å². The van der Waals surface area contributed by atoms with E-state index >= 15 is 0 Å². The maximum absolute atomic E-state index is 12.8. The molecule has 0 radical (unpaired) electrons. The second-order valence-electron chi connectivity index (χ2n) is 4.15. The molecule has 8 heteroatoms. The third-order valence-electron chi connectivity index (χ3n) is 2.61. The first-order valence-electron chi connectivity index (χ1n) is 6.23. The number of carbonyl (C=O) groups is 1. The highest BCUT2D eigenvalue weighted by Crippen LogP contribution is 2.26. The van der Waals surface area contributed by atoms with Gasteiger partial charge in [0.05, 0.1) is 12.3 Å². The molecule has 21 heavy (non-hydrogen) atoms. The first-order valence-corrected chi connectivity index (χ1v) is 6.23. The fourth-order valence-corrected chi connectivity index (χ4v) is 1.77. The molecule has 0 saturated heterocycles. The lowest BCUT2D eigenvalue weighted by Crippen LogP contribution is -2.15. The highest BCUT2D eigenvalue weighted by Gasteiger charge is 2.21. The summed E-state index contributed by atoms with van der Waals surface area (Å²) in [6.45, 7) is 2.10. The average molecular weight is 296 g/mol. The van der Waals surface area contributed by atoms with E-state index in [2.05, 4.69) is 15.4 Å². The molecule has 0 unspecified atom stereocenters. The first-order chi connectivity index (χ1) is 10.0. The number of ether oxygens (including phenoxy) is 1. The van der Waals surface area contributed by atoms with Crippen molar-refractivity contribution in [1.82, 2.24) is 14.8 Å². The zero-order chi connectivity index (χ0) is 15.4. The van der Waals surface area contributed by atoms with Crippen molar-refractivity contribution in [2.75, 3.05) is 11.9 Å². The Morgan fingerprint density at radius 1 is 1.52 bits per heavy atom. The fourth-order valence-electron chi connectivity index (χ4n) is 1.77. The Labute approximate surface area is 119 Å². The minimum absolute atomic E-state index is 0.0381. The summed E-state index contributed by atoms with van der Waals surface area (Å²) in [4.78, 5) is 16.1. The van der Waals surface area contributed by atoms with Gasteiger partial charge in [-0.25, -0.2) is 13.8 Å². The van der Waals surface area contributed by atoms with E-state index in [1.807, 2.05) is 0 Å². The number of aromatic nitrogens is 3. The number of pyridine rings is 1. The lowest BCUT2D eigenvalue weighted by Gasteiger charge is -2.09. The van der Waals surface area contributed by atoms with Gasteiger partial charge >= 0.3 is 0 Å². The fraction of sp³-hybridized carbons (Fsp3) is 0.308. The van der Waals surface area contributed by atoms with Gasteiger partial charge in [0.25, 0.3) is 12.3 Å². The summed E-state index contributed by atoms with van der Waals surface area (Å²) >= 11 is 0. The number of alkyl halides is 2. The molecule has 0 aromatic carbocycles. The van der Waals surface area contributed by atoms with E-state index in [1.54, 1.807) is 13.0 Å². The van der Waals surface area contributed by atoms with Crippen molar-refractivity contribution in [3.63, 3.8) is 0 Å². The van der Waals surface area contributed by atoms with Crippen LogP contribution in [0.15, 0.2) is 24.5 Å². The topological polar surface area (TPSA) is 69.0 Å². The van der Waals surface area contributed by atoms with Crippen molar-refractivity contribution in [1.29, 1.82) is 0 Å². The molecule has 1 N–H and O–H groups in total. The van der Waals surface area contributed by atoms with E-state index in [0.29, 0.717) is 6.61 Å². The summed E-state index contributed by atoms with van der Waals surface area (Å²) in [5, 5.41) is 6.03. The van der Waals surface area contributed by atoms with Crippen molar-refractivity contribution in [3.05, 3.63) is 35.8 Å². The third-order valence-corrected chi connectivity index (χ3v) is 2.61. The molecule has 0 spiro atoms. The number of hydrogen-bond donors (Lipinski definition) is 1. The van der Waals surface area contributed by atoms with Crippen LogP contribution in [-0.4, -0.2) is 27.3 Å². The number of nitrogens with zero attached hydrogens (tertiary/aromatic N) is 3. The molecule has 2 rings (SSSR count). The van der Waals surface area contributed by atoms with E-state index in [0.717, 1.165) is 0 Å². The van der Waals surface area contributed by atoms with Gasteiger partial charge < -0.3 is 10.1 Å². The van der Waals surface area contributed by atoms with Gasteiger partial charge in [0, 0.05) is 19.4 Å². The minimum Gasteiger partial charge on any atom is -0.477 e. The number of hydrogen-bond acceptors (Lipinski definition) is 4. The van der Waals surface area contributed by atoms with Gasteiger partial charge in [-0.15, -0.1) is 0 Å². The summed E-state index contributed by atoms with van der Waals surface area (Å²) in [7, 11) is 1.50. The second-order valence-corrected chi connectivity index (χ2v) is 4.15. The predicted octanol–water partition coefficient (Wildman–Crippen LogP) is 2.40. The van der Waals surface area contributed by atoms with Crippen LogP contribution in [0.3, 0.4) is 0 Å². The van der Waals surface area contributed by atoms with Crippen LogP contribution in [0.5, 0.6) is 5.88 Å². The molecule has 1 amide bonds. The lowest BCUT2D eigenvalue weighted by atomic mass is 10.2. The van der Waals surface area contributed by atoms with Gasteiger partial charge in [-0.1, -0.05) is 0 Å². The number of rotatable bonds is 5. The normalized spacial score (nSPS) is 10.7. The zero-order valence-corrected chi connectivity index (χ0v) is 11.5. The molecule has 2 aromatic rings. The molecule has 0 bridgehead atoms. The highest BCUT2D eigenvalue weighted by atomic mass is 19.3. The third kappa shape index (κ3) is 3.33. The Morgan fingerprint density at radius 3 is 2.95 bits per heavy atom.